The summed E-state index contributed by atoms with van der Waals surface area (Å²) >= 11 is 0. The second-order valence-corrected chi connectivity index (χ2v) is 14.9. The zero-order valence-corrected chi connectivity index (χ0v) is 33.2. The lowest BCUT2D eigenvalue weighted by Crippen LogP contribution is -2.69. The zero-order valence-electron chi connectivity index (χ0n) is 33.2. The summed E-state index contributed by atoms with van der Waals surface area (Å²) in [5, 5.41) is 46.9. The number of unbranched alkanes of at least 4 members (excludes halogenated alkanes) is 2. The smallest absolute Gasteiger partial charge is 0.273 e. The van der Waals surface area contributed by atoms with Crippen molar-refractivity contribution in [2.24, 2.45) is 22.9 Å². The third-order valence-corrected chi connectivity index (χ3v) is 11.4. The number of fused-ring (bicyclic) bond motifs is 2. The number of aliphatic hydroxyl groups is 2. The number of oxime groups is 1. The van der Waals surface area contributed by atoms with Crippen LogP contribution in [0.2, 0.25) is 0 Å². The van der Waals surface area contributed by atoms with Gasteiger partial charge in [0.05, 0.1) is 34.1 Å². The average Bonchev–Trinajstić information content (AvgIpc) is 3.23. The van der Waals surface area contributed by atoms with Crippen molar-refractivity contribution in [3.05, 3.63) is 128 Å². The Morgan fingerprint density at radius 1 is 0.983 bits per heavy atom. The lowest BCUT2D eigenvalue weighted by atomic mass is 9.55. The standard InChI is InChI=1S/C44H50N4O11/c1-4-24-57-44-40(46(2)41(51)21-16-29-14-17-31(18-15-29)47(52)53)28-38(45-56-3)36-25-30(10-5-7-22-49)35(13-6-8-23-50)42(43(36)44)37-27-34(19-20-39(37)59-44)58-33-12-9-11-32(26-33)48(54)55/h4,9,11-12,14-21,25-27,30,35,40,42-43,49-50H,1,5-8,10,13,22-24,28H2,2-3H3. The second-order valence-electron chi connectivity index (χ2n) is 14.9. The van der Waals surface area contributed by atoms with Crippen molar-refractivity contribution in [1.29, 1.82) is 0 Å². The molecule has 1 aliphatic heterocycles. The first-order valence-electron chi connectivity index (χ1n) is 19.8. The molecule has 15 nitrogen and oxygen atoms in total. The third-order valence-electron chi connectivity index (χ3n) is 11.4. The molecule has 3 aliphatic rings. The van der Waals surface area contributed by atoms with Crippen LogP contribution < -0.4 is 9.47 Å². The summed E-state index contributed by atoms with van der Waals surface area (Å²) in [5.74, 6) is -1.45. The first kappa shape index (κ1) is 42.7. The minimum atomic E-state index is -1.47. The Morgan fingerprint density at radius 2 is 1.69 bits per heavy atom. The van der Waals surface area contributed by atoms with Gasteiger partial charge in [-0.2, -0.15) is 0 Å². The molecule has 1 heterocycles. The van der Waals surface area contributed by atoms with Crippen LogP contribution in [0, 0.1) is 38.0 Å². The quantitative estimate of drug-likeness (QED) is 0.0395. The molecule has 2 N–H and O–H groups in total. The Kier molecular flexibility index (Phi) is 13.9. The molecular formula is C44H50N4O11. The van der Waals surface area contributed by atoms with Gasteiger partial charge in [-0.1, -0.05) is 36.2 Å². The fourth-order valence-electron chi connectivity index (χ4n) is 8.84. The number of aliphatic hydroxyl groups excluding tert-OH is 2. The van der Waals surface area contributed by atoms with Gasteiger partial charge in [0.25, 0.3) is 11.4 Å². The molecule has 3 aromatic rings. The number of carbonyl (C=O) groups excluding carboxylic acids is 1. The van der Waals surface area contributed by atoms with Crippen LogP contribution in [0.4, 0.5) is 11.4 Å². The van der Waals surface area contributed by atoms with Crippen molar-refractivity contribution < 1.29 is 43.9 Å². The number of likely N-dealkylation sites (N-methyl/N-ethyl adjacent to an activating group) is 1. The number of carbonyl (C=O) groups is 1. The van der Waals surface area contributed by atoms with Gasteiger partial charge in [0.2, 0.25) is 11.7 Å². The Bertz CT molecular complexity index is 2100. The van der Waals surface area contributed by atoms with Gasteiger partial charge in [-0.15, -0.1) is 6.58 Å². The molecular weight excluding hydrogens is 761 g/mol. The van der Waals surface area contributed by atoms with Crippen LogP contribution >= 0.6 is 0 Å². The SMILES string of the molecule is C=CCOC12Oc3ccc(Oc4cccc([N+](=O)[O-])c4)cc3C3C(CCCCO)C(CCCCO)C=C(C(=NOC)CC1N(C)C(=O)C=Cc1ccc([N+](=O)[O-])cc1)C32. The van der Waals surface area contributed by atoms with Gasteiger partial charge in [-0.3, -0.25) is 25.0 Å². The summed E-state index contributed by atoms with van der Waals surface area (Å²) in [6, 6.07) is 16.5. The van der Waals surface area contributed by atoms with Gasteiger partial charge >= 0.3 is 0 Å². The fraction of sp³-hybridized carbons (Fsp3) is 0.409. The van der Waals surface area contributed by atoms with Crippen LogP contribution in [-0.2, 0) is 14.4 Å². The number of amides is 1. The number of ether oxygens (including phenoxy) is 3. The topological polar surface area (TPSA) is 196 Å². The van der Waals surface area contributed by atoms with E-state index in [2.05, 4.69) is 17.8 Å². The summed E-state index contributed by atoms with van der Waals surface area (Å²) in [5.41, 5.74) is 2.74. The van der Waals surface area contributed by atoms with Crippen molar-refractivity contribution in [2.75, 3.05) is 34.0 Å². The number of hydrogen-bond donors (Lipinski definition) is 2. The fourth-order valence-corrected chi connectivity index (χ4v) is 8.84. The van der Waals surface area contributed by atoms with Gasteiger partial charge in [0, 0.05) is 62.4 Å². The molecule has 0 saturated heterocycles. The minimum Gasteiger partial charge on any atom is -0.459 e. The molecule has 1 saturated carbocycles. The van der Waals surface area contributed by atoms with Crippen molar-refractivity contribution in [3.63, 3.8) is 0 Å². The van der Waals surface area contributed by atoms with Gasteiger partial charge in [0.15, 0.2) is 0 Å². The zero-order chi connectivity index (χ0) is 42.1. The molecule has 15 heteroatoms. The molecule has 2 aliphatic carbocycles. The predicted octanol–water partition coefficient (Wildman–Crippen LogP) is 7.73. The lowest BCUT2D eigenvalue weighted by molar-refractivity contribution is -0.385. The molecule has 59 heavy (non-hydrogen) atoms. The van der Waals surface area contributed by atoms with Gasteiger partial charge in [-0.05, 0) is 91.1 Å². The number of hydrogen-bond acceptors (Lipinski definition) is 12. The van der Waals surface area contributed by atoms with Crippen LogP contribution in [0.5, 0.6) is 17.2 Å². The summed E-state index contributed by atoms with van der Waals surface area (Å²) < 4.78 is 20.2. The highest BCUT2D eigenvalue weighted by Gasteiger charge is 2.65. The monoisotopic (exact) mass is 810 g/mol. The van der Waals surface area contributed by atoms with Crippen LogP contribution in [-0.4, -0.2) is 82.4 Å². The van der Waals surface area contributed by atoms with Gasteiger partial charge in [0.1, 0.15) is 30.4 Å². The van der Waals surface area contributed by atoms with E-state index in [9.17, 15) is 35.2 Å². The van der Waals surface area contributed by atoms with Crippen LogP contribution in [0.3, 0.4) is 0 Å². The molecule has 6 rings (SSSR count). The largest absolute Gasteiger partial charge is 0.459 e. The predicted molar refractivity (Wildman–Crippen MR) is 220 cm³/mol. The number of rotatable bonds is 19. The number of non-ortho nitro benzene ring substituents is 2. The van der Waals surface area contributed by atoms with Gasteiger partial charge < -0.3 is 34.2 Å². The normalized spacial score (nSPS) is 23.7. The Balaban J connectivity index is 1.50. The summed E-state index contributed by atoms with van der Waals surface area (Å²) in [4.78, 5) is 43.0. The molecule has 0 spiro atoms. The first-order valence-corrected chi connectivity index (χ1v) is 19.8. The lowest BCUT2D eigenvalue weighted by Gasteiger charge is -2.59. The first-order chi connectivity index (χ1) is 28.5. The van der Waals surface area contributed by atoms with Crippen LogP contribution in [0.15, 0.2) is 102 Å². The number of benzene rings is 3. The summed E-state index contributed by atoms with van der Waals surface area (Å²) in [6.45, 7) is 4.13. The molecule has 312 valence electrons. The molecule has 6 unspecified atom stereocenters. The summed E-state index contributed by atoms with van der Waals surface area (Å²) in [7, 11) is 3.15. The maximum Gasteiger partial charge on any atom is 0.273 e. The Labute approximate surface area is 342 Å². The van der Waals surface area contributed by atoms with Crippen molar-refractivity contribution in [1.82, 2.24) is 4.90 Å². The van der Waals surface area contributed by atoms with Gasteiger partial charge in [-0.25, -0.2) is 0 Å². The van der Waals surface area contributed by atoms with Crippen molar-refractivity contribution >= 4 is 29.1 Å². The van der Waals surface area contributed by atoms with E-state index >= 15 is 0 Å². The van der Waals surface area contributed by atoms with E-state index in [4.69, 9.17) is 19.0 Å². The maximum atomic E-state index is 14.2. The highest BCUT2D eigenvalue weighted by Crippen LogP contribution is 2.62. The second kappa shape index (κ2) is 19.2. The highest BCUT2D eigenvalue weighted by atomic mass is 16.7. The van der Waals surface area contributed by atoms with Crippen LogP contribution in [0.1, 0.15) is 62.0 Å². The average molecular weight is 811 g/mol. The number of nitrogens with zero attached hydrogens (tertiary/aromatic N) is 4. The van der Waals surface area contributed by atoms with Crippen molar-refractivity contribution in [2.45, 2.75) is 62.7 Å². The molecule has 0 radical (unpaired) electrons. The van der Waals surface area contributed by atoms with E-state index in [1.807, 2.05) is 6.07 Å². The van der Waals surface area contributed by atoms with Crippen molar-refractivity contribution in [3.8, 4) is 17.2 Å². The van der Waals surface area contributed by atoms with E-state index in [0.717, 1.165) is 36.8 Å². The van der Waals surface area contributed by atoms with E-state index in [1.54, 1.807) is 60.5 Å². The Morgan fingerprint density at radius 3 is 2.37 bits per heavy atom. The molecule has 3 aromatic carbocycles. The van der Waals surface area contributed by atoms with E-state index in [1.165, 1.54) is 37.5 Å². The van der Waals surface area contributed by atoms with Crippen LogP contribution in [0.25, 0.3) is 6.08 Å². The maximum absolute atomic E-state index is 14.2. The number of allylic oxidation sites excluding steroid dienone is 1. The minimum absolute atomic E-state index is 0.0171. The molecule has 1 amide bonds. The number of nitro groups is 2. The molecule has 1 fully saturated rings. The molecule has 6 atom stereocenters. The molecule has 0 bridgehead atoms. The van der Waals surface area contributed by atoms with E-state index in [0.29, 0.717) is 41.4 Å². The number of nitro benzene ring substituents is 2. The Hall–Kier alpha value is -5.90. The van der Waals surface area contributed by atoms with E-state index < -0.39 is 27.6 Å². The third kappa shape index (κ3) is 9.22. The highest BCUT2D eigenvalue weighted by molar-refractivity contribution is 6.03. The summed E-state index contributed by atoms with van der Waals surface area (Å²) in [6.07, 6.45) is 11.3. The molecule has 0 aromatic heterocycles. The van der Waals surface area contributed by atoms with E-state index in [-0.39, 0.29) is 61.3 Å².